The number of fused-ring (bicyclic) bond motifs is 1. The summed E-state index contributed by atoms with van der Waals surface area (Å²) in [5.41, 5.74) is 2.65. The standard InChI is InChI=1S/C21H13BrClNO/c22-15-7-11-17(12-8-15)24-19-13-21(14-5-9-16(23)10-6-14)25-20-4-2-1-3-18(19)20/h1-13H. The molecule has 0 radical (unpaired) electrons. The molecule has 1 heterocycles. The predicted molar refractivity (Wildman–Crippen MR) is 106 cm³/mol. The van der Waals surface area contributed by atoms with Gasteiger partial charge in [0.05, 0.1) is 11.0 Å². The summed E-state index contributed by atoms with van der Waals surface area (Å²) in [5.74, 6) is 0.756. The van der Waals surface area contributed by atoms with Gasteiger partial charge < -0.3 is 4.42 Å². The first-order chi connectivity index (χ1) is 12.2. The zero-order valence-electron chi connectivity index (χ0n) is 13.1. The van der Waals surface area contributed by atoms with Crippen LogP contribution in [0.5, 0.6) is 0 Å². The van der Waals surface area contributed by atoms with Crippen molar-refractivity contribution < 1.29 is 4.42 Å². The summed E-state index contributed by atoms with van der Waals surface area (Å²) in [5, 5.41) is 2.54. The summed E-state index contributed by atoms with van der Waals surface area (Å²) in [6.07, 6.45) is 0. The minimum atomic E-state index is 0.698. The van der Waals surface area contributed by atoms with Gasteiger partial charge in [-0.2, -0.15) is 0 Å². The predicted octanol–water partition coefficient (Wildman–Crippen LogP) is 6.75. The molecule has 0 unspecified atom stereocenters. The minimum Gasteiger partial charge on any atom is -0.456 e. The van der Waals surface area contributed by atoms with Crippen LogP contribution >= 0.6 is 27.5 Å². The SMILES string of the molecule is Clc1ccc(-c2cc(=Nc3ccc(Br)cc3)c3ccccc3o2)cc1. The highest BCUT2D eigenvalue weighted by Crippen LogP contribution is 2.24. The molecule has 0 fully saturated rings. The van der Waals surface area contributed by atoms with E-state index in [-0.39, 0.29) is 0 Å². The highest BCUT2D eigenvalue weighted by Gasteiger charge is 2.06. The van der Waals surface area contributed by atoms with Gasteiger partial charge in [-0.05, 0) is 60.7 Å². The van der Waals surface area contributed by atoms with E-state index in [1.165, 1.54) is 0 Å². The maximum atomic E-state index is 6.07. The molecule has 0 saturated heterocycles. The first-order valence-corrected chi connectivity index (χ1v) is 8.95. The van der Waals surface area contributed by atoms with E-state index in [4.69, 9.17) is 21.0 Å². The molecule has 4 rings (SSSR count). The first kappa shape index (κ1) is 16.1. The van der Waals surface area contributed by atoms with Crippen LogP contribution < -0.4 is 5.36 Å². The number of hydrogen-bond donors (Lipinski definition) is 0. The molecule has 0 saturated carbocycles. The van der Waals surface area contributed by atoms with Crippen molar-refractivity contribution >= 4 is 44.2 Å². The van der Waals surface area contributed by atoms with Crippen LogP contribution in [0.4, 0.5) is 5.69 Å². The number of halogens is 2. The third-order valence-electron chi connectivity index (χ3n) is 3.86. The molecular weight excluding hydrogens is 398 g/mol. The fourth-order valence-electron chi connectivity index (χ4n) is 2.62. The largest absolute Gasteiger partial charge is 0.456 e. The Morgan fingerprint density at radius 2 is 1.56 bits per heavy atom. The van der Waals surface area contributed by atoms with E-state index in [0.29, 0.717) is 5.02 Å². The van der Waals surface area contributed by atoms with Gasteiger partial charge in [0.15, 0.2) is 0 Å². The smallest absolute Gasteiger partial charge is 0.136 e. The molecule has 4 aromatic rings. The third-order valence-corrected chi connectivity index (χ3v) is 4.64. The Bertz CT molecular complexity index is 1100. The van der Waals surface area contributed by atoms with Crippen molar-refractivity contribution in [2.75, 3.05) is 0 Å². The second-order valence-electron chi connectivity index (χ2n) is 5.59. The normalized spacial score (nSPS) is 11.8. The Morgan fingerprint density at radius 3 is 2.32 bits per heavy atom. The monoisotopic (exact) mass is 409 g/mol. The molecule has 1 aromatic heterocycles. The summed E-state index contributed by atoms with van der Waals surface area (Å²) >= 11 is 9.44. The Kier molecular flexibility index (Phi) is 4.43. The van der Waals surface area contributed by atoms with Crippen LogP contribution in [-0.2, 0) is 0 Å². The number of nitrogens with zero attached hydrogens (tertiary/aromatic N) is 1. The Labute approximate surface area is 158 Å². The third kappa shape index (κ3) is 3.53. The van der Waals surface area contributed by atoms with Crippen LogP contribution in [0, 0.1) is 0 Å². The lowest BCUT2D eigenvalue weighted by atomic mass is 10.1. The van der Waals surface area contributed by atoms with E-state index in [0.717, 1.165) is 37.8 Å². The molecule has 0 aliphatic carbocycles. The van der Waals surface area contributed by atoms with Gasteiger partial charge in [-0.15, -0.1) is 0 Å². The fraction of sp³-hybridized carbons (Fsp3) is 0. The van der Waals surface area contributed by atoms with Crippen LogP contribution in [0.1, 0.15) is 0 Å². The quantitative estimate of drug-likeness (QED) is 0.359. The molecule has 3 aromatic carbocycles. The second-order valence-corrected chi connectivity index (χ2v) is 6.94. The number of benzene rings is 3. The summed E-state index contributed by atoms with van der Waals surface area (Å²) < 4.78 is 7.10. The first-order valence-electron chi connectivity index (χ1n) is 7.78. The molecule has 4 heteroatoms. The molecule has 2 nitrogen and oxygen atoms in total. The van der Waals surface area contributed by atoms with Crippen LogP contribution in [-0.4, -0.2) is 0 Å². The fourth-order valence-corrected chi connectivity index (χ4v) is 3.01. The van der Waals surface area contributed by atoms with E-state index >= 15 is 0 Å². The second kappa shape index (κ2) is 6.87. The zero-order valence-corrected chi connectivity index (χ0v) is 15.5. The van der Waals surface area contributed by atoms with E-state index < -0.39 is 0 Å². The Morgan fingerprint density at radius 1 is 0.840 bits per heavy atom. The zero-order chi connectivity index (χ0) is 17.2. The van der Waals surface area contributed by atoms with E-state index in [1.807, 2.05) is 78.9 Å². The number of para-hydroxylation sites is 1. The van der Waals surface area contributed by atoms with Crippen molar-refractivity contribution in [3.8, 4) is 11.3 Å². The number of hydrogen-bond acceptors (Lipinski definition) is 2. The number of rotatable bonds is 2. The molecule has 0 N–H and O–H groups in total. The molecule has 0 bridgehead atoms. The average molecular weight is 411 g/mol. The topological polar surface area (TPSA) is 25.5 Å². The van der Waals surface area contributed by atoms with Gasteiger partial charge in [0.2, 0.25) is 0 Å². The van der Waals surface area contributed by atoms with E-state index in [1.54, 1.807) is 0 Å². The molecule has 0 aliphatic rings. The van der Waals surface area contributed by atoms with Crippen LogP contribution in [0.2, 0.25) is 5.02 Å². The highest BCUT2D eigenvalue weighted by molar-refractivity contribution is 9.10. The average Bonchev–Trinajstić information content (AvgIpc) is 2.64. The van der Waals surface area contributed by atoms with E-state index in [2.05, 4.69) is 15.9 Å². The molecule has 122 valence electrons. The van der Waals surface area contributed by atoms with Crippen molar-refractivity contribution in [1.29, 1.82) is 0 Å². The molecule has 25 heavy (non-hydrogen) atoms. The lowest BCUT2D eigenvalue weighted by Gasteiger charge is -2.05. The van der Waals surface area contributed by atoms with Crippen molar-refractivity contribution in [2.24, 2.45) is 4.99 Å². The maximum Gasteiger partial charge on any atom is 0.136 e. The lowest BCUT2D eigenvalue weighted by Crippen LogP contribution is -2.02. The van der Waals surface area contributed by atoms with Gasteiger partial charge in [-0.1, -0.05) is 39.7 Å². The van der Waals surface area contributed by atoms with Gasteiger partial charge in [0.25, 0.3) is 0 Å². The summed E-state index contributed by atoms with van der Waals surface area (Å²) in [6.45, 7) is 0. The van der Waals surface area contributed by atoms with Crippen LogP contribution in [0.25, 0.3) is 22.3 Å². The van der Waals surface area contributed by atoms with Crippen LogP contribution in [0.15, 0.2) is 92.7 Å². The van der Waals surface area contributed by atoms with Crippen molar-refractivity contribution in [1.82, 2.24) is 0 Å². The van der Waals surface area contributed by atoms with Gasteiger partial charge in [0.1, 0.15) is 11.3 Å². The van der Waals surface area contributed by atoms with Crippen LogP contribution in [0.3, 0.4) is 0 Å². The lowest BCUT2D eigenvalue weighted by molar-refractivity contribution is 0.618. The minimum absolute atomic E-state index is 0.698. The molecular formula is C21H13BrClNO. The van der Waals surface area contributed by atoms with Gasteiger partial charge in [-0.3, -0.25) is 0 Å². The molecule has 0 aliphatic heterocycles. The van der Waals surface area contributed by atoms with E-state index in [9.17, 15) is 0 Å². The molecule has 0 amide bonds. The maximum absolute atomic E-state index is 6.07. The highest BCUT2D eigenvalue weighted by atomic mass is 79.9. The molecule has 0 spiro atoms. The molecule has 0 atom stereocenters. The van der Waals surface area contributed by atoms with Gasteiger partial charge in [0, 0.05) is 26.5 Å². The summed E-state index contributed by atoms with van der Waals surface area (Å²) in [4.78, 5) is 4.81. The van der Waals surface area contributed by atoms with Gasteiger partial charge in [-0.25, -0.2) is 4.99 Å². The van der Waals surface area contributed by atoms with Crippen molar-refractivity contribution in [2.45, 2.75) is 0 Å². The summed E-state index contributed by atoms with van der Waals surface area (Å²) in [7, 11) is 0. The summed E-state index contributed by atoms with van der Waals surface area (Å²) in [6, 6.07) is 25.4. The van der Waals surface area contributed by atoms with Crippen molar-refractivity contribution in [3.05, 3.63) is 93.7 Å². The Balaban J connectivity index is 1.95. The van der Waals surface area contributed by atoms with Gasteiger partial charge >= 0.3 is 0 Å². The Hall–Kier alpha value is -2.36. The van der Waals surface area contributed by atoms with Crippen molar-refractivity contribution in [3.63, 3.8) is 0 Å².